The van der Waals surface area contributed by atoms with Crippen LogP contribution in [0.25, 0.3) is 0 Å². The highest BCUT2D eigenvalue weighted by Gasteiger charge is 2.14. The molecule has 1 aromatic heterocycles. The van der Waals surface area contributed by atoms with Crippen LogP contribution in [0.1, 0.15) is 29.7 Å². The number of halogens is 1. The zero-order valence-electron chi connectivity index (χ0n) is 17.6. The summed E-state index contributed by atoms with van der Waals surface area (Å²) in [7, 11) is 5.94. The van der Waals surface area contributed by atoms with Crippen molar-refractivity contribution in [1.29, 1.82) is 0 Å². The topological polar surface area (TPSA) is 51.0 Å². The molecular weight excluding hydrogens is 479 g/mol. The van der Waals surface area contributed by atoms with Gasteiger partial charge < -0.3 is 24.3 Å². The van der Waals surface area contributed by atoms with Crippen molar-refractivity contribution in [2.24, 2.45) is 12.0 Å². The highest BCUT2D eigenvalue weighted by molar-refractivity contribution is 14.0. The molecule has 0 aliphatic carbocycles. The van der Waals surface area contributed by atoms with Gasteiger partial charge in [0.2, 0.25) is 0 Å². The molecule has 3 rings (SSSR count). The Hall–Kier alpha value is -1.58. The molecule has 7 heteroatoms. The van der Waals surface area contributed by atoms with Crippen LogP contribution >= 0.6 is 24.0 Å². The quantitative estimate of drug-likeness (QED) is 0.351. The Morgan fingerprint density at radius 2 is 1.90 bits per heavy atom. The molecule has 1 saturated heterocycles. The van der Waals surface area contributed by atoms with Crippen LogP contribution in [-0.2, 0) is 36.2 Å². The molecule has 1 fully saturated rings. The Balaban J connectivity index is 0.00000300. The van der Waals surface area contributed by atoms with E-state index in [2.05, 4.69) is 76.5 Å². The fourth-order valence-electron chi connectivity index (χ4n) is 3.35. The maximum atomic E-state index is 5.99. The molecule has 1 aliphatic heterocycles. The van der Waals surface area contributed by atoms with Crippen molar-refractivity contribution in [2.75, 3.05) is 27.3 Å². The summed E-state index contributed by atoms with van der Waals surface area (Å²) < 4.78 is 13.5. The summed E-state index contributed by atoms with van der Waals surface area (Å²) in [5, 5.41) is 3.44. The standard InChI is InChI=1S/C22H32N4O2.HI/c1-23-22(26(3)16-20-5-4-12-25(20)2)24-15-18-6-8-19(9-7-18)17-28-21-10-13-27-14-11-21;/h4-9,12,21H,10-11,13-17H2,1-3H3,(H,23,24);1H. The van der Waals surface area contributed by atoms with Gasteiger partial charge >= 0.3 is 0 Å². The van der Waals surface area contributed by atoms with Crippen molar-refractivity contribution in [1.82, 2.24) is 14.8 Å². The van der Waals surface area contributed by atoms with Crippen molar-refractivity contribution >= 4 is 29.9 Å². The lowest BCUT2D eigenvalue weighted by Gasteiger charge is -2.23. The van der Waals surface area contributed by atoms with Crippen LogP contribution in [0.2, 0.25) is 0 Å². The van der Waals surface area contributed by atoms with E-state index in [0.29, 0.717) is 12.7 Å². The van der Waals surface area contributed by atoms with E-state index in [4.69, 9.17) is 9.47 Å². The van der Waals surface area contributed by atoms with Gasteiger partial charge in [-0.15, -0.1) is 24.0 Å². The third kappa shape index (κ3) is 7.31. The van der Waals surface area contributed by atoms with Gasteiger partial charge in [-0.1, -0.05) is 24.3 Å². The molecule has 1 aromatic carbocycles. The molecule has 160 valence electrons. The molecule has 1 N–H and O–H groups in total. The molecular formula is C22H33IN4O2. The molecule has 2 heterocycles. The van der Waals surface area contributed by atoms with E-state index < -0.39 is 0 Å². The second-order valence-electron chi connectivity index (χ2n) is 7.31. The molecule has 0 bridgehead atoms. The molecule has 29 heavy (non-hydrogen) atoms. The van der Waals surface area contributed by atoms with Crippen LogP contribution in [0.3, 0.4) is 0 Å². The van der Waals surface area contributed by atoms with E-state index in [1.54, 1.807) is 0 Å². The van der Waals surface area contributed by atoms with Crippen molar-refractivity contribution in [3.05, 3.63) is 59.4 Å². The van der Waals surface area contributed by atoms with Gasteiger partial charge in [-0.05, 0) is 36.1 Å². The molecule has 1 aliphatic rings. The predicted octanol–water partition coefficient (Wildman–Crippen LogP) is 3.55. The minimum atomic E-state index is 0. The molecule has 0 radical (unpaired) electrons. The normalized spacial score (nSPS) is 15.1. The summed E-state index contributed by atoms with van der Waals surface area (Å²) >= 11 is 0. The number of aryl methyl sites for hydroxylation is 1. The smallest absolute Gasteiger partial charge is 0.194 e. The zero-order valence-corrected chi connectivity index (χ0v) is 20.0. The molecule has 0 unspecified atom stereocenters. The average Bonchev–Trinajstić information content (AvgIpc) is 3.13. The van der Waals surface area contributed by atoms with E-state index in [1.807, 2.05) is 7.05 Å². The van der Waals surface area contributed by atoms with Crippen LogP contribution in [0.15, 0.2) is 47.6 Å². The van der Waals surface area contributed by atoms with E-state index in [9.17, 15) is 0 Å². The van der Waals surface area contributed by atoms with Gasteiger partial charge in [0, 0.05) is 52.8 Å². The van der Waals surface area contributed by atoms with Crippen molar-refractivity contribution < 1.29 is 9.47 Å². The number of aromatic nitrogens is 1. The summed E-state index contributed by atoms with van der Waals surface area (Å²) in [4.78, 5) is 6.53. The zero-order chi connectivity index (χ0) is 19.8. The first kappa shape index (κ1) is 23.7. The van der Waals surface area contributed by atoms with Gasteiger partial charge in [0.15, 0.2) is 5.96 Å². The predicted molar refractivity (Wildman–Crippen MR) is 128 cm³/mol. The SMILES string of the molecule is CN=C(NCc1ccc(COC2CCOCC2)cc1)N(C)Cc1cccn1C.I. The highest BCUT2D eigenvalue weighted by atomic mass is 127. The fourth-order valence-corrected chi connectivity index (χ4v) is 3.35. The molecule has 6 nitrogen and oxygen atoms in total. The van der Waals surface area contributed by atoms with Gasteiger partial charge in [0.1, 0.15) is 0 Å². The monoisotopic (exact) mass is 512 g/mol. The van der Waals surface area contributed by atoms with Crippen molar-refractivity contribution in [2.45, 2.75) is 38.6 Å². The Bertz CT molecular complexity index is 754. The number of benzene rings is 1. The minimum Gasteiger partial charge on any atom is -0.381 e. The Labute approximate surface area is 191 Å². The summed E-state index contributed by atoms with van der Waals surface area (Å²) in [5.74, 6) is 0.883. The first-order valence-electron chi connectivity index (χ1n) is 9.95. The van der Waals surface area contributed by atoms with E-state index in [-0.39, 0.29) is 24.0 Å². The number of rotatable bonds is 7. The summed E-state index contributed by atoms with van der Waals surface area (Å²) in [6.45, 7) is 3.85. The van der Waals surface area contributed by atoms with E-state index in [1.165, 1.54) is 16.8 Å². The van der Waals surface area contributed by atoms with Crippen LogP contribution in [0.4, 0.5) is 0 Å². The maximum Gasteiger partial charge on any atom is 0.194 e. The number of guanidine groups is 1. The Morgan fingerprint density at radius 3 is 2.52 bits per heavy atom. The lowest BCUT2D eigenvalue weighted by atomic mass is 10.1. The second kappa shape index (κ2) is 12.2. The number of hydrogen-bond acceptors (Lipinski definition) is 3. The third-order valence-electron chi connectivity index (χ3n) is 5.15. The first-order chi connectivity index (χ1) is 13.7. The first-order valence-corrected chi connectivity index (χ1v) is 9.95. The van der Waals surface area contributed by atoms with Crippen molar-refractivity contribution in [3.8, 4) is 0 Å². The Kier molecular flexibility index (Phi) is 9.96. The van der Waals surface area contributed by atoms with Crippen LogP contribution < -0.4 is 5.32 Å². The van der Waals surface area contributed by atoms with Gasteiger partial charge in [0.25, 0.3) is 0 Å². The Morgan fingerprint density at radius 1 is 1.21 bits per heavy atom. The number of nitrogens with zero attached hydrogens (tertiary/aromatic N) is 3. The van der Waals surface area contributed by atoms with E-state index in [0.717, 1.165) is 45.1 Å². The summed E-state index contributed by atoms with van der Waals surface area (Å²) in [6, 6.07) is 12.8. The van der Waals surface area contributed by atoms with Gasteiger partial charge in [0.05, 0.1) is 19.3 Å². The maximum absolute atomic E-state index is 5.99. The minimum absolute atomic E-state index is 0. The lowest BCUT2D eigenvalue weighted by molar-refractivity contribution is -0.0390. The number of nitrogens with one attached hydrogen (secondary N) is 1. The van der Waals surface area contributed by atoms with E-state index >= 15 is 0 Å². The second-order valence-corrected chi connectivity index (χ2v) is 7.31. The van der Waals surface area contributed by atoms with Gasteiger partial charge in [-0.2, -0.15) is 0 Å². The van der Waals surface area contributed by atoms with Crippen molar-refractivity contribution in [3.63, 3.8) is 0 Å². The molecule has 0 saturated carbocycles. The number of hydrogen-bond donors (Lipinski definition) is 1. The lowest BCUT2D eigenvalue weighted by Crippen LogP contribution is -2.38. The molecule has 0 amide bonds. The largest absolute Gasteiger partial charge is 0.381 e. The summed E-state index contributed by atoms with van der Waals surface area (Å²) in [6.07, 6.45) is 4.39. The average molecular weight is 512 g/mol. The number of ether oxygens (including phenoxy) is 2. The van der Waals surface area contributed by atoms with Gasteiger partial charge in [-0.3, -0.25) is 4.99 Å². The van der Waals surface area contributed by atoms with Gasteiger partial charge in [-0.25, -0.2) is 0 Å². The molecule has 2 aromatic rings. The van der Waals surface area contributed by atoms with Crippen LogP contribution in [0.5, 0.6) is 0 Å². The number of aliphatic imine (C=N–C) groups is 1. The fraction of sp³-hybridized carbons (Fsp3) is 0.500. The highest BCUT2D eigenvalue weighted by Crippen LogP contribution is 2.14. The van der Waals surface area contributed by atoms with Crippen LogP contribution in [0, 0.1) is 0 Å². The molecule has 0 atom stereocenters. The summed E-state index contributed by atoms with van der Waals surface area (Å²) in [5.41, 5.74) is 3.68. The van der Waals surface area contributed by atoms with Crippen LogP contribution in [-0.4, -0.2) is 48.8 Å². The third-order valence-corrected chi connectivity index (χ3v) is 5.15. The molecule has 0 spiro atoms.